The molecule has 3 unspecified atom stereocenters. The van der Waals surface area contributed by atoms with Crippen molar-refractivity contribution >= 4 is 0 Å². The zero-order valence-electron chi connectivity index (χ0n) is 11.2. The fourth-order valence-corrected chi connectivity index (χ4v) is 3.16. The summed E-state index contributed by atoms with van der Waals surface area (Å²) in [6.07, 6.45) is 5.60. The van der Waals surface area contributed by atoms with Crippen LogP contribution in [0.5, 0.6) is 0 Å². The molecule has 2 aliphatic heterocycles. The van der Waals surface area contributed by atoms with E-state index in [1.165, 1.54) is 38.8 Å². The van der Waals surface area contributed by atoms with Gasteiger partial charge in [0, 0.05) is 39.4 Å². The summed E-state index contributed by atoms with van der Waals surface area (Å²) in [5.74, 6) is 0. The first-order valence-electron chi connectivity index (χ1n) is 6.84. The minimum absolute atomic E-state index is 0.178. The van der Waals surface area contributed by atoms with Crippen LogP contribution < -0.4 is 5.32 Å². The Balaban J connectivity index is 1.75. The van der Waals surface area contributed by atoms with E-state index < -0.39 is 0 Å². The zero-order chi connectivity index (χ0) is 12.1. The Bertz CT molecular complexity index is 225. The number of fused-ring (bicyclic) bond motifs is 1. The Morgan fingerprint density at radius 3 is 2.88 bits per heavy atom. The van der Waals surface area contributed by atoms with E-state index in [2.05, 4.69) is 10.2 Å². The molecule has 0 amide bonds. The fourth-order valence-electron chi connectivity index (χ4n) is 3.16. The van der Waals surface area contributed by atoms with Gasteiger partial charge in [0.25, 0.3) is 0 Å². The topological polar surface area (TPSA) is 33.7 Å². The third kappa shape index (κ3) is 3.41. The molecule has 0 aliphatic carbocycles. The molecule has 1 N–H and O–H groups in total. The van der Waals surface area contributed by atoms with Gasteiger partial charge in [0.2, 0.25) is 0 Å². The van der Waals surface area contributed by atoms with Crippen molar-refractivity contribution < 1.29 is 9.47 Å². The van der Waals surface area contributed by atoms with Gasteiger partial charge in [-0.3, -0.25) is 4.90 Å². The Labute approximate surface area is 105 Å². The van der Waals surface area contributed by atoms with Crippen LogP contribution in [0.15, 0.2) is 0 Å². The van der Waals surface area contributed by atoms with Crippen LogP contribution in [0.4, 0.5) is 0 Å². The van der Waals surface area contributed by atoms with E-state index in [0.29, 0.717) is 12.6 Å². The second kappa shape index (κ2) is 6.69. The molecule has 2 aliphatic rings. The largest absolute Gasteiger partial charge is 0.382 e. The van der Waals surface area contributed by atoms with Gasteiger partial charge in [-0.1, -0.05) is 6.42 Å². The van der Waals surface area contributed by atoms with Gasteiger partial charge in [0.1, 0.15) is 0 Å². The van der Waals surface area contributed by atoms with E-state index in [4.69, 9.17) is 9.47 Å². The fraction of sp³-hybridized carbons (Fsp3) is 1.00. The van der Waals surface area contributed by atoms with Gasteiger partial charge in [0.05, 0.1) is 12.7 Å². The Morgan fingerprint density at radius 2 is 2.12 bits per heavy atom. The Hall–Kier alpha value is -0.160. The number of hydrogen-bond donors (Lipinski definition) is 1. The maximum absolute atomic E-state index is 5.39. The molecular formula is C13H26N2O2. The summed E-state index contributed by atoms with van der Waals surface area (Å²) in [5, 5.41) is 3.67. The number of piperidine rings is 1. The number of ether oxygens (including phenoxy) is 2. The first kappa shape index (κ1) is 13.3. The molecule has 2 rings (SSSR count). The molecular weight excluding hydrogens is 216 g/mol. The normalized spacial score (nSPS) is 31.4. The number of nitrogens with zero attached hydrogens (tertiary/aromatic N) is 1. The van der Waals surface area contributed by atoms with Crippen molar-refractivity contribution in [2.24, 2.45) is 0 Å². The molecule has 0 aromatic heterocycles. The number of nitrogens with one attached hydrogen (secondary N) is 1. The minimum atomic E-state index is 0.178. The Morgan fingerprint density at radius 1 is 1.24 bits per heavy atom. The summed E-state index contributed by atoms with van der Waals surface area (Å²) in [6, 6.07) is 1.42. The summed E-state index contributed by atoms with van der Waals surface area (Å²) in [4.78, 5) is 2.65. The van der Waals surface area contributed by atoms with Crippen molar-refractivity contribution in [3.8, 4) is 0 Å². The quantitative estimate of drug-likeness (QED) is 0.749. The van der Waals surface area contributed by atoms with Gasteiger partial charge in [0.15, 0.2) is 0 Å². The second-order valence-corrected chi connectivity index (χ2v) is 5.22. The lowest BCUT2D eigenvalue weighted by Crippen LogP contribution is -2.47. The van der Waals surface area contributed by atoms with Gasteiger partial charge < -0.3 is 14.8 Å². The number of hydrogen-bond acceptors (Lipinski definition) is 4. The minimum Gasteiger partial charge on any atom is -0.382 e. The maximum atomic E-state index is 5.39. The molecule has 2 fully saturated rings. The first-order chi connectivity index (χ1) is 8.35. The molecule has 0 radical (unpaired) electrons. The van der Waals surface area contributed by atoms with E-state index in [1.807, 2.05) is 0 Å². The molecule has 0 saturated carbocycles. The van der Waals surface area contributed by atoms with Gasteiger partial charge in [-0.2, -0.15) is 0 Å². The predicted octanol–water partition coefficient (Wildman–Crippen LogP) is 0.864. The summed E-state index contributed by atoms with van der Waals surface area (Å²) in [6.45, 7) is 4.14. The molecule has 4 heteroatoms. The summed E-state index contributed by atoms with van der Waals surface area (Å²) < 4.78 is 10.5. The van der Waals surface area contributed by atoms with Gasteiger partial charge in [-0.25, -0.2) is 0 Å². The highest BCUT2D eigenvalue weighted by Crippen LogP contribution is 2.26. The number of rotatable bonds is 6. The highest BCUT2D eigenvalue weighted by molar-refractivity contribution is 4.94. The molecule has 100 valence electrons. The highest BCUT2D eigenvalue weighted by atomic mass is 16.5. The molecule has 4 nitrogen and oxygen atoms in total. The van der Waals surface area contributed by atoms with Crippen molar-refractivity contribution in [1.82, 2.24) is 10.2 Å². The van der Waals surface area contributed by atoms with Crippen LogP contribution in [0.25, 0.3) is 0 Å². The summed E-state index contributed by atoms with van der Waals surface area (Å²) in [5.41, 5.74) is 0. The van der Waals surface area contributed by atoms with E-state index in [9.17, 15) is 0 Å². The van der Waals surface area contributed by atoms with Crippen LogP contribution in [-0.4, -0.2) is 63.5 Å². The predicted molar refractivity (Wildman–Crippen MR) is 68.3 cm³/mol. The van der Waals surface area contributed by atoms with Crippen LogP contribution in [-0.2, 0) is 9.47 Å². The second-order valence-electron chi connectivity index (χ2n) is 5.22. The van der Waals surface area contributed by atoms with Gasteiger partial charge in [-0.05, 0) is 25.8 Å². The highest BCUT2D eigenvalue weighted by Gasteiger charge is 2.35. The molecule has 2 heterocycles. The smallest absolute Gasteiger partial charge is 0.0928 e. The molecule has 0 bridgehead atoms. The van der Waals surface area contributed by atoms with Crippen molar-refractivity contribution in [3.63, 3.8) is 0 Å². The van der Waals surface area contributed by atoms with Gasteiger partial charge in [-0.15, -0.1) is 0 Å². The van der Waals surface area contributed by atoms with Crippen molar-refractivity contribution in [1.29, 1.82) is 0 Å². The third-order valence-electron chi connectivity index (χ3n) is 4.15. The lowest BCUT2D eigenvalue weighted by Gasteiger charge is -2.33. The Kier molecular flexibility index (Phi) is 5.22. The van der Waals surface area contributed by atoms with Crippen LogP contribution >= 0.6 is 0 Å². The van der Waals surface area contributed by atoms with E-state index in [-0.39, 0.29) is 6.10 Å². The van der Waals surface area contributed by atoms with E-state index in [1.54, 1.807) is 14.2 Å². The average molecular weight is 242 g/mol. The first-order valence-corrected chi connectivity index (χ1v) is 6.84. The number of methoxy groups -OCH3 is 2. The van der Waals surface area contributed by atoms with Crippen molar-refractivity contribution in [2.75, 3.05) is 40.5 Å². The maximum Gasteiger partial charge on any atom is 0.0928 e. The molecule has 0 aromatic carbocycles. The lowest BCUT2D eigenvalue weighted by molar-refractivity contribution is 0.0262. The van der Waals surface area contributed by atoms with Crippen molar-refractivity contribution in [2.45, 2.75) is 43.9 Å². The van der Waals surface area contributed by atoms with Crippen LogP contribution in [0.1, 0.15) is 25.7 Å². The lowest BCUT2D eigenvalue weighted by atomic mass is 9.99. The van der Waals surface area contributed by atoms with Crippen LogP contribution in [0.3, 0.4) is 0 Å². The summed E-state index contributed by atoms with van der Waals surface area (Å²) >= 11 is 0. The van der Waals surface area contributed by atoms with Crippen molar-refractivity contribution in [3.05, 3.63) is 0 Å². The van der Waals surface area contributed by atoms with E-state index >= 15 is 0 Å². The molecule has 0 spiro atoms. The molecule has 17 heavy (non-hydrogen) atoms. The monoisotopic (exact) mass is 242 g/mol. The standard InChI is InChI=1S/C13H26N2O2/c1-16-10-11(17-2)9-14-12-6-8-15-7-4-3-5-13(12)15/h11-14H,3-10H2,1-2H3. The molecule has 2 saturated heterocycles. The molecule has 0 aromatic rings. The van der Waals surface area contributed by atoms with Crippen LogP contribution in [0, 0.1) is 0 Å². The third-order valence-corrected chi connectivity index (χ3v) is 4.15. The molecule has 3 atom stereocenters. The average Bonchev–Trinajstić information content (AvgIpc) is 2.78. The summed E-state index contributed by atoms with van der Waals surface area (Å²) in [7, 11) is 3.48. The SMILES string of the molecule is COCC(CNC1CCN2CCCCC12)OC. The zero-order valence-corrected chi connectivity index (χ0v) is 11.2. The van der Waals surface area contributed by atoms with Crippen LogP contribution in [0.2, 0.25) is 0 Å². The van der Waals surface area contributed by atoms with Gasteiger partial charge >= 0.3 is 0 Å². The van der Waals surface area contributed by atoms with E-state index in [0.717, 1.165) is 12.6 Å².